The first-order valence-electron chi connectivity index (χ1n) is 8.15. The number of hydrogen-bond donors (Lipinski definition) is 1. The number of aromatic nitrogens is 3. The molecule has 126 valence electrons. The zero-order chi connectivity index (χ0) is 17.1. The van der Waals surface area contributed by atoms with Crippen LogP contribution in [0, 0.1) is 0 Å². The van der Waals surface area contributed by atoms with E-state index in [9.17, 15) is 4.79 Å². The van der Waals surface area contributed by atoms with Gasteiger partial charge in [0.15, 0.2) is 0 Å². The van der Waals surface area contributed by atoms with Gasteiger partial charge in [-0.05, 0) is 36.1 Å². The molecule has 6 nitrogen and oxygen atoms in total. The molecule has 1 aromatic carbocycles. The minimum atomic E-state index is -0.223. The zero-order valence-electron chi connectivity index (χ0n) is 13.6. The van der Waals surface area contributed by atoms with Crippen LogP contribution in [0.25, 0.3) is 0 Å². The Bertz CT molecular complexity index is 836. The molecule has 0 bridgehead atoms. The number of rotatable bonds is 3. The summed E-state index contributed by atoms with van der Waals surface area (Å²) in [6.07, 6.45) is 3.64. The van der Waals surface area contributed by atoms with Crippen LogP contribution in [0.3, 0.4) is 0 Å². The molecule has 7 heteroatoms. The van der Waals surface area contributed by atoms with Crippen molar-refractivity contribution in [3.05, 3.63) is 64.8 Å². The van der Waals surface area contributed by atoms with Crippen molar-refractivity contribution in [2.24, 2.45) is 0 Å². The molecule has 1 amide bonds. The summed E-state index contributed by atoms with van der Waals surface area (Å²) in [6, 6.07) is 12.3. The lowest BCUT2D eigenvalue weighted by molar-refractivity contribution is 0.102. The van der Waals surface area contributed by atoms with E-state index in [1.54, 1.807) is 17.8 Å². The lowest BCUT2D eigenvalue weighted by Gasteiger charge is -2.21. The van der Waals surface area contributed by atoms with Gasteiger partial charge < -0.3 is 4.90 Å². The number of nitrogens with zero attached hydrogens (tertiary/aromatic N) is 4. The molecule has 0 saturated heterocycles. The molecule has 1 aliphatic heterocycles. The second kappa shape index (κ2) is 6.98. The molecule has 0 spiro atoms. The maximum Gasteiger partial charge on any atom is 0.259 e. The van der Waals surface area contributed by atoms with Crippen LogP contribution < -0.4 is 10.2 Å². The molecule has 0 aliphatic carbocycles. The number of fused-ring (bicyclic) bond motifs is 1. The summed E-state index contributed by atoms with van der Waals surface area (Å²) in [5.74, 6) is 0.680. The largest absolute Gasteiger partial charge is 0.356 e. The first-order valence-corrected chi connectivity index (χ1v) is 9.03. The Balaban J connectivity index is 1.44. The highest BCUT2D eigenvalue weighted by Crippen LogP contribution is 2.20. The monoisotopic (exact) mass is 351 g/mol. The van der Waals surface area contributed by atoms with Gasteiger partial charge in [0.2, 0.25) is 5.13 Å². The number of anilines is 2. The van der Waals surface area contributed by atoms with Gasteiger partial charge in [-0.2, -0.15) is 0 Å². The van der Waals surface area contributed by atoms with Crippen LogP contribution >= 0.6 is 11.3 Å². The number of pyridine rings is 1. The highest BCUT2D eigenvalue weighted by molar-refractivity contribution is 7.13. The summed E-state index contributed by atoms with van der Waals surface area (Å²) in [4.78, 5) is 18.9. The molecule has 0 unspecified atom stereocenters. The molecule has 3 aromatic rings. The van der Waals surface area contributed by atoms with Gasteiger partial charge in [0, 0.05) is 19.3 Å². The fraction of sp³-hybridized carbons (Fsp3) is 0.222. The topological polar surface area (TPSA) is 71.0 Å². The Morgan fingerprint density at radius 2 is 1.84 bits per heavy atom. The van der Waals surface area contributed by atoms with Crippen molar-refractivity contribution in [3.8, 4) is 0 Å². The summed E-state index contributed by atoms with van der Waals surface area (Å²) in [7, 11) is 0. The molecular formula is C18H17N5OS. The Morgan fingerprint density at radius 1 is 1.08 bits per heavy atom. The molecule has 3 heterocycles. The van der Waals surface area contributed by atoms with Crippen molar-refractivity contribution in [3.63, 3.8) is 0 Å². The van der Waals surface area contributed by atoms with Crippen LogP contribution in [0.15, 0.2) is 48.1 Å². The summed E-state index contributed by atoms with van der Waals surface area (Å²) < 4.78 is 0. The molecule has 4 rings (SSSR count). The zero-order valence-corrected chi connectivity index (χ0v) is 14.4. The first kappa shape index (κ1) is 15.7. The van der Waals surface area contributed by atoms with E-state index in [4.69, 9.17) is 0 Å². The van der Waals surface area contributed by atoms with Gasteiger partial charge in [-0.1, -0.05) is 35.6 Å². The first-order chi connectivity index (χ1) is 12.3. The molecule has 0 saturated carbocycles. The maximum atomic E-state index is 12.2. The average Bonchev–Trinajstić information content (AvgIpc) is 3.06. The molecule has 2 aromatic heterocycles. The molecular weight excluding hydrogens is 334 g/mol. The molecule has 25 heavy (non-hydrogen) atoms. The number of nitrogens with one attached hydrogen (secondary N) is 1. The maximum absolute atomic E-state index is 12.2. The summed E-state index contributed by atoms with van der Waals surface area (Å²) in [5, 5.41) is 10.7. The van der Waals surface area contributed by atoms with Crippen molar-refractivity contribution in [2.75, 3.05) is 23.3 Å². The van der Waals surface area contributed by atoms with Crippen LogP contribution in [0.2, 0.25) is 0 Å². The smallest absolute Gasteiger partial charge is 0.259 e. The molecule has 0 radical (unpaired) electrons. The predicted octanol–water partition coefficient (Wildman–Crippen LogP) is 2.79. The highest BCUT2D eigenvalue weighted by Gasteiger charge is 2.15. The van der Waals surface area contributed by atoms with Crippen LogP contribution in [-0.4, -0.2) is 34.2 Å². The highest BCUT2D eigenvalue weighted by atomic mass is 32.1. The van der Waals surface area contributed by atoms with Crippen molar-refractivity contribution in [1.29, 1.82) is 0 Å². The van der Waals surface area contributed by atoms with Crippen molar-refractivity contribution >= 4 is 28.2 Å². The Morgan fingerprint density at radius 3 is 2.44 bits per heavy atom. The van der Waals surface area contributed by atoms with Crippen molar-refractivity contribution < 1.29 is 4.79 Å². The summed E-state index contributed by atoms with van der Waals surface area (Å²) in [5.41, 5.74) is 4.92. The van der Waals surface area contributed by atoms with Gasteiger partial charge in [0.05, 0.1) is 5.56 Å². The number of carbonyl (C=O) groups is 1. The van der Waals surface area contributed by atoms with Gasteiger partial charge in [0.25, 0.3) is 5.91 Å². The lowest BCUT2D eigenvalue weighted by atomic mass is 10.0. The van der Waals surface area contributed by atoms with Crippen LogP contribution in [-0.2, 0) is 12.8 Å². The molecule has 0 fully saturated rings. The van der Waals surface area contributed by atoms with Gasteiger partial charge in [0.1, 0.15) is 11.3 Å². The van der Waals surface area contributed by atoms with Crippen LogP contribution in [0.4, 0.5) is 10.9 Å². The van der Waals surface area contributed by atoms with Gasteiger partial charge in [-0.25, -0.2) is 4.98 Å². The van der Waals surface area contributed by atoms with E-state index in [-0.39, 0.29) is 5.91 Å². The van der Waals surface area contributed by atoms with Crippen LogP contribution in [0.1, 0.15) is 21.5 Å². The van der Waals surface area contributed by atoms with Gasteiger partial charge in [-0.3, -0.25) is 10.1 Å². The number of hydrogen-bond acceptors (Lipinski definition) is 6. The minimum Gasteiger partial charge on any atom is -0.356 e. The Hall–Kier alpha value is -2.80. The number of amides is 1. The van der Waals surface area contributed by atoms with Crippen molar-refractivity contribution in [1.82, 2.24) is 15.2 Å². The minimum absolute atomic E-state index is 0.223. The molecule has 0 atom stereocenters. The van der Waals surface area contributed by atoms with E-state index >= 15 is 0 Å². The second-order valence-corrected chi connectivity index (χ2v) is 6.69. The number of benzene rings is 1. The second-order valence-electron chi connectivity index (χ2n) is 5.86. The third-order valence-electron chi connectivity index (χ3n) is 4.34. The van der Waals surface area contributed by atoms with E-state index in [0.717, 1.165) is 31.7 Å². The standard InChI is InChI=1S/C18H17N5OS/c24-17(21-18-22-20-12-25-18)15-5-6-16(19-11-15)23-9-7-13-3-1-2-4-14(13)8-10-23/h1-6,11-12H,7-10H2,(H,21,22,24). The quantitative estimate of drug-likeness (QED) is 0.786. The lowest BCUT2D eigenvalue weighted by Crippen LogP contribution is -2.27. The summed E-state index contributed by atoms with van der Waals surface area (Å²) >= 11 is 1.29. The van der Waals surface area contributed by atoms with Gasteiger partial charge in [-0.15, -0.1) is 10.2 Å². The normalized spacial score (nSPS) is 13.8. The fourth-order valence-corrected chi connectivity index (χ4v) is 3.44. The third-order valence-corrected chi connectivity index (χ3v) is 4.94. The van der Waals surface area contributed by atoms with E-state index < -0.39 is 0 Å². The predicted molar refractivity (Wildman–Crippen MR) is 98.2 cm³/mol. The average molecular weight is 351 g/mol. The molecule has 1 aliphatic rings. The fourth-order valence-electron chi connectivity index (χ4n) is 3.00. The van der Waals surface area contributed by atoms with E-state index in [1.165, 1.54) is 22.5 Å². The Labute approximate surface area is 149 Å². The number of carbonyl (C=O) groups excluding carboxylic acids is 1. The third kappa shape index (κ3) is 3.51. The van der Waals surface area contributed by atoms with Gasteiger partial charge >= 0.3 is 0 Å². The van der Waals surface area contributed by atoms with Crippen LogP contribution in [0.5, 0.6) is 0 Å². The SMILES string of the molecule is O=C(Nc1nncs1)c1ccc(N2CCc3ccccc3CC2)nc1. The van der Waals surface area contributed by atoms with E-state index in [2.05, 4.69) is 49.7 Å². The molecule has 1 N–H and O–H groups in total. The summed E-state index contributed by atoms with van der Waals surface area (Å²) in [6.45, 7) is 1.86. The van der Waals surface area contributed by atoms with E-state index in [0.29, 0.717) is 10.7 Å². The Kier molecular flexibility index (Phi) is 4.39. The van der Waals surface area contributed by atoms with Crippen molar-refractivity contribution in [2.45, 2.75) is 12.8 Å². The van der Waals surface area contributed by atoms with E-state index in [1.807, 2.05) is 6.07 Å².